The molecule has 0 unspecified atom stereocenters. The van der Waals surface area contributed by atoms with Crippen molar-refractivity contribution in [2.45, 2.75) is 44.9 Å². The van der Waals surface area contributed by atoms with E-state index in [0.29, 0.717) is 17.7 Å². The summed E-state index contributed by atoms with van der Waals surface area (Å²) in [7, 11) is 3.00. The lowest BCUT2D eigenvalue weighted by Gasteiger charge is -2.53. The number of Topliss-reactive ketones (excluding diaryl/α,β-unsaturated/α-hetero) is 1. The summed E-state index contributed by atoms with van der Waals surface area (Å²) in [6.07, 6.45) is 2.53. The van der Waals surface area contributed by atoms with Gasteiger partial charge in [-0.1, -0.05) is 13.3 Å². The van der Waals surface area contributed by atoms with Gasteiger partial charge in [-0.05, 0) is 42.7 Å². The largest absolute Gasteiger partial charge is 0.469 e. The van der Waals surface area contributed by atoms with Gasteiger partial charge in [0.15, 0.2) is 5.78 Å². The van der Waals surface area contributed by atoms with Gasteiger partial charge in [-0.2, -0.15) is 0 Å². The molecule has 1 N–H and O–H groups in total. The number of rotatable bonds is 3. The molecule has 26 heavy (non-hydrogen) atoms. The van der Waals surface area contributed by atoms with Crippen LogP contribution < -0.4 is 5.32 Å². The van der Waals surface area contributed by atoms with Gasteiger partial charge in [-0.15, -0.1) is 0 Å². The minimum atomic E-state index is -0.739. The predicted molar refractivity (Wildman–Crippen MR) is 96.4 cm³/mol. The Morgan fingerprint density at radius 2 is 2.04 bits per heavy atom. The van der Waals surface area contributed by atoms with Crippen molar-refractivity contribution < 1.29 is 19.2 Å². The van der Waals surface area contributed by atoms with Crippen molar-refractivity contribution in [3.63, 3.8) is 0 Å². The molecule has 7 nitrogen and oxygen atoms in total. The number of nitrogens with zero attached hydrogens (tertiary/aromatic N) is 1. The van der Waals surface area contributed by atoms with E-state index in [-0.39, 0.29) is 29.8 Å². The van der Waals surface area contributed by atoms with Crippen LogP contribution in [0.15, 0.2) is 12.1 Å². The second kappa shape index (κ2) is 6.07. The van der Waals surface area contributed by atoms with E-state index in [1.807, 2.05) is 6.92 Å². The molecule has 0 bridgehead atoms. The van der Waals surface area contributed by atoms with Crippen LogP contribution in [0.1, 0.15) is 55.5 Å². The number of methoxy groups -OCH3 is 1. The third kappa shape index (κ3) is 2.40. The van der Waals surface area contributed by atoms with Crippen LogP contribution in [-0.4, -0.2) is 30.8 Å². The minimum absolute atomic E-state index is 0.104. The first kappa shape index (κ1) is 18.4. The highest BCUT2D eigenvalue weighted by molar-refractivity contribution is 6.01. The van der Waals surface area contributed by atoms with Crippen LogP contribution in [0.3, 0.4) is 0 Å². The van der Waals surface area contributed by atoms with Gasteiger partial charge in [0, 0.05) is 25.1 Å². The summed E-state index contributed by atoms with van der Waals surface area (Å²) in [5.74, 6) is -0.631. The molecule has 3 atom stereocenters. The third-order valence-electron chi connectivity index (χ3n) is 6.49. The van der Waals surface area contributed by atoms with Crippen molar-refractivity contribution >= 4 is 23.1 Å². The maximum atomic E-state index is 12.9. The fraction of sp³-hybridized carbons (Fsp3) is 0.579. The lowest BCUT2D eigenvalue weighted by molar-refractivity contribution is -0.384. The van der Waals surface area contributed by atoms with Crippen LogP contribution in [0.25, 0.3) is 0 Å². The van der Waals surface area contributed by atoms with Crippen LogP contribution in [0.2, 0.25) is 0 Å². The maximum Gasteiger partial charge on any atom is 0.311 e. The van der Waals surface area contributed by atoms with Gasteiger partial charge in [0.2, 0.25) is 0 Å². The number of nitro benzene ring substituents is 1. The molecule has 0 heterocycles. The lowest BCUT2D eigenvalue weighted by Crippen LogP contribution is -2.53. The Morgan fingerprint density at radius 1 is 1.35 bits per heavy atom. The molecule has 3 rings (SSSR count). The summed E-state index contributed by atoms with van der Waals surface area (Å²) >= 11 is 0. The molecule has 2 aliphatic carbocycles. The molecule has 1 fully saturated rings. The van der Waals surface area contributed by atoms with Crippen LogP contribution in [0.4, 0.5) is 11.4 Å². The molecule has 2 aliphatic rings. The van der Waals surface area contributed by atoms with Gasteiger partial charge in [-0.3, -0.25) is 19.7 Å². The van der Waals surface area contributed by atoms with E-state index < -0.39 is 15.8 Å². The van der Waals surface area contributed by atoms with E-state index in [2.05, 4.69) is 12.2 Å². The molecule has 140 valence electrons. The fourth-order valence-corrected chi connectivity index (χ4v) is 5.06. The fourth-order valence-electron chi connectivity index (χ4n) is 5.06. The zero-order valence-electron chi connectivity index (χ0n) is 15.5. The Bertz CT molecular complexity index is 805. The average molecular weight is 360 g/mol. The number of ketones is 1. The number of ether oxygens (including phenoxy) is 1. The summed E-state index contributed by atoms with van der Waals surface area (Å²) in [4.78, 5) is 36.3. The quantitative estimate of drug-likeness (QED) is 0.503. The number of esters is 1. The highest BCUT2D eigenvalue weighted by atomic mass is 16.6. The van der Waals surface area contributed by atoms with E-state index in [1.165, 1.54) is 13.2 Å². The molecule has 1 saturated carbocycles. The zero-order chi connectivity index (χ0) is 19.3. The summed E-state index contributed by atoms with van der Waals surface area (Å²) in [5.41, 5.74) is 0.330. The number of hydrogen-bond acceptors (Lipinski definition) is 6. The second-order valence-electron chi connectivity index (χ2n) is 7.78. The maximum absolute atomic E-state index is 12.9. The molecule has 1 aromatic carbocycles. The van der Waals surface area contributed by atoms with Gasteiger partial charge in [0.1, 0.15) is 5.69 Å². The van der Waals surface area contributed by atoms with E-state index in [0.717, 1.165) is 18.4 Å². The predicted octanol–water partition coefficient (Wildman–Crippen LogP) is 3.46. The SMILES string of the molecule is CNc1cc2c(cc1[N+](=O)[O-])C(=O)C[C@H]1[C@](C)(C(=O)OC)CCC[C@]21C. The molecule has 0 spiro atoms. The van der Waals surface area contributed by atoms with Crippen molar-refractivity contribution in [1.82, 2.24) is 0 Å². The van der Waals surface area contributed by atoms with Crippen LogP contribution in [0.5, 0.6) is 0 Å². The highest BCUT2D eigenvalue weighted by Gasteiger charge is 2.57. The Labute approximate surface area is 152 Å². The zero-order valence-corrected chi connectivity index (χ0v) is 15.5. The lowest BCUT2D eigenvalue weighted by atomic mass is 9.49. The molecule has 0 amide bonds. The van der Waals surface area contributed by atoms with Crippen molar-refractivity contribution in [2.75, 3.05) is 19.5 Å². The van der Waals surface area contributed by atoms with Crippen molar-refractivity contribution in [1.29, 1.82) is 0 Å². The Kier molecular flexibility index (Phi) is 4.29. The number of benzene rings is 1. The molecular formula is C19H24N2O5. The first-order valence-corrected chi connectivity index (χ1v) is 8.81. The van der Waals surface area contributed by atoms with Crippen LogP contribution in [0, 0.1) is 21.4 Å². The number of nitro groups is 1. The van der Waals surface area contributed by atoms with Crippen molar-refractivity contribution in [3.05, 3.63) is 33.4 Å². The first-order valence-electron chi connectivity index (χ1n) is 8.81. The molecular weight excluding hydrogens is 336 g/mol. The van der Waals surface area contributed by atoms with Crippen molar-refractivity contribution in [3.8, 4) is 0 Å². The summed E-state index contributed by atoms with van der Waals surface area (Å²) in [5, 5.41) is 14.2. The number of carbonyl (C=O) groups is 2. The second-order valence-corrected chi connectivity index (χ2v) is 7.78. The van der Waals surface area contributed by atoms with Crippen molar-refractivity contribution in [2.24, 2.45) is 11.3 Å². The normalized spacial score (nSPS) is 30.2. The van der Waals surface area contributed by atoms with E-state index in [4.69, 9.17) is 4.74 Å². The molecule has 0 aromatic heterocycles. The van der Waals surface area contributed by atoms with Gasteiger partial charge in [-0.25, -0.2) is 0 Å². The molecule has 0 saturated heterocycles. The summed E-state index contributed by atoms with van der Waals surface area (Å²) in [6, 6.07) is 3.11. The summed E-state index contributed by atoms with van der Waals surface area (Å²) < 4.78 is 5.05. The molecule has 1 aromatic rings. The summed E-state index contributed by atoms with van der Waals surface area (Å²) in [6.45, 7) is 3.94. The highest BCUT2D eigenvalue weighted by Crippen LogP contribution is 2.58. The first-order chi connectivity index (χ1) is 12.2. The number of fused-ring (bicyclic) bond motifs is 3. The van der Waals surface area contributed by atoms with E-state index in [1.54, 1.807) is 13.1 Å². The van der Waals surface area contributed by atoms with E-state index in [9.17, 15) is 19.7 Å². The number of anilines is 1. The Morgan fingerprint density at radius 3 is 2.62 bits per heavy atom. The topological polar surface area (TPSA) is 98.5 Å². The number of carbonyl (C=O) groups excluding carboxylic acids is 2. The average Bonchev–Trinajstić information content (AvgIpc) is 2.62. The van der Waals surface area contributed by atoms with Gasteiger partial charge in [0.05, 0.1) is 17.4 Å². The minimum Gasteiger partial charge on any atom is -0.469 e. The molecule has 7 heteroatoms. The monoisotopic (exact) mass is 360 g/mol. The van der Waals surface area contributed by atoms with Crippen LogP contribution >= 0.6 is 0 Å². The van der Waals surface area contributed by atoms with Gasteiger partial charge in [0.25, 0.3) is 5.69 Å². The third-order valence-corrected chi connectivity index (χ3v) is 6.49. The smallest absolute Gasteiger partial charge is 0.311 e. The van der Waals surface area contributed by atoms with Crippen LogP contribution in [-0.2, 0) is 14.9 Å². The molecule has 0 radical (unpaired) electrons. The number of hydrogen-bond donors (Lipinski definition) is 1. The Hall–Kier alpha value is -2.44. The van der Waals surface area contributed by atoms with Gasteiger partial charge >= 0.3 is 5.97 Å². The standard InChI is InChI=1S/C19H24N2O5/c1-18-6-5-7-19(2,17(23)26-4)16(18)10-15(22)11-8-14(21(24)25)13(20-3)9-12(11)18/h8-9,16,20H,5-7,10H2,1-4H3/t16-,18-,19-/m1/s1. The number of nitrogens with one attached hydrogen (secondary N) is 1. The Balaban J connectivity index is 2.22. The van der Waals surface area contributed by atoms with E-state index >= 15 is 0 Å². The molecule has 0 aliphatic heterocycles. The van der Waals surface area contributed by atoms with Gasteiger partial charge < -0.3 is 10.1 Å².